The first-order valence-electron chi connectivity index (χ1n) is 7.19. The lowest BCUT2D eigenvalue weighted by molar-refractivity contribution is -0.145. The number of aryl methyl sites for hydroxylation is 1. The summed E-state index contributed by atoms with van der Waals surface area (Å²) in [5.74, 6) is -1.21. The standard InChI is InChI=1S/C16H11F3N4O/c1-8-5-10(6-9-7-12(24)22-13(8)9)23-14-11(3-2-4-20-14)21-15(23)16(17,18)19/h2-6H,7H2,1H3,(H,22,24). The summed E-state index contributed by atoms with van der Waals surface area (Å²) in [6.45, 7) is 1.74. The first kappa shape index (κ1) is 14.7. The summed E-state index contributed by atoms with van der Waals surface area (Å²) in [5, 5.41) is 2.72. The average Bonchev–Trinajstić information content (AvgIpc) is 3.06. The van der Waals surface area contributed by atoms with Crippen LogP contribution in [0, 0.1) is 6.92 Å². The smallest absolute Gasteiger partial charge is 0.325 e. The van der Waals surface area contributed by atoms with E-state index in [-0.39, 0.29) is 29.2 Å². The average molecular weight is 332 g/mol. The van der Waals surface area contributed by atoms with E-state index in [1.807, 2.05) is 0 Å². The number of rotatable bonds is 1. The van der Waals surface area contributed by atoms with Crippen LogP contribution in [0.1, 0.15) is 17.0 Å². The van der Waals surface area contributed by atoms with Crippen LogP contribution >= 0.6 is 0 Å². The van der Waals surface area contributed by atoms with Gasteiger partial charge in [0, 0.05) is 17.6 Å². The molecular weight excluding hydrogens is 321 g/mol. The molecule has 8 heteroatoms. The minimum Gasteiger partial charge on any atom is -0.325 e. The maximum atomic E-state index is 13.4. The van der Waals surface area contributed by atoms with E-state index in [1.54, 1.807) is 19.1 Å². The predicted molar refractivity (Wildman–Crippen MR) is 80.9 cm³/mol. The first-order valence-corrected chi connectivity index (χ1v) is 7.19. The number of anilines is 1. The number of halogens is 3. The van der Waals surface area contributed by atoms with E-state index in [9.17, 15) is 18.0 Å². The van der Waals surface area contributed by atoms with Crippen LogP contribution in [0.2, 0.25) is 0 Å². The van der Waals surface area contributed by atoms with Gasteiger partial charge in [-0.05, 0) is 42.3 Å². The molecule has 0 bridgehead atoms. The third-order valence-electron chi connectivity index (χ3n) is 3.95. The maximum absolute atomic E-state index is 13.4. The molecule has 0 unspecified atom stereocenters. The third kappa shape index (κ3) is 2.14. The Hall–Kier alpha value is -2.90. The maximum Gasteiger partial charge on any atom is 0.450 e. The summed E-state index contributed by atoms with van der Waals surface area (Å²) in [4.78, 5) is 19.3. The second-order valence-electron chi connectivity index (χ2n) is 5.64. The Morgan fingerprint density at radius 3 is 2.83 bits per heavy atom. The topological polar surface area (TPSA) is 59.8 Å². The monoisotopic (exact) mass is 332 g/mol. The van der Waals surface area contributed by atoms with Gasteiger partial charge in [0.05, 0.1) is 6.42 Å². The van der Waals surface area contributed by atoms with Gasteiger partial charge in [0.1, 0.15) is 5.52 Å². The molecule has 3 heterocycles. The molecule has 4 rings (SSSR count). The summed E-state index contributed by atoms with van der Waals surface area (Å²) in [7, 11) is 0. The fourth-order valence-corrected chi connectivity index (χ4v) is 2.99. The number of nitrogens with zero attached hydrogens (tertiary/aromatic N) is 3. The number of imidazole rings is 1. The molecule has 0 spiro atoms. The zero-order chi connectivity index (χ0) is 17.1. The van der Waals surface area contributed by atoms with E-state index in [0.717, 1.165) is 4.57 Å². The minimum absolute atomic E-state index is 0.126. The highest BCUT2D eigenvalue weighted by Crippen LogP contribution is 2.36. The Labute approximate surface area is 134 Å². The molecule has 0 saturated heterocycles. The zero-order valence-electron chi connectivity index (χ0n) is 12.5. The fraction of sp³-hybridized carbons (Fsp3) is 0.188. The second kappa shape index (κ2) is 4.80. The molecule has 0 fully saturated rings. The van der Waals surface area contributed by atoms with E-state index in [1.165, 1.54) is 18.3 Å². The molecule has 122 valence electrons. The molecule has 1 N–H and O–H groups in total. The number of nitrogens with one attached hydrogen (secondary N) is 1. The summed E-state index contributed by atoms with van der Waals surface area (Å²) in [6.07, 6.45) is -3.06. The van der Waals surface area contributed by atoms with Crippen LogP contribution in [0.25, 0.3) is 16.9 Å². The van der Waals surface area contributed by atoms with Crippen molar-refractivity contribution >= 4 is 22.8 Å². The molecule has 1 aromatic carbocycles. The zero-order valence-corrected chi connectivity index (χ0v) is 12.5. The van der Waals surface area contributed by atoms with Crippen molar-refractivity contribution in [3.63, 3.8) is 0 Å². The molecule has 5 nitrogen and oxygen atoms in total. The SMILES string of the molecule is Cc1cc(-n2c(C(F)(F)F)nc3cccnc32)cc2c1NC(=O)C2. The van der Waals surface area contributed by atoms with Crippen LogP contribution < -0.4 is 5.32 Å². The highest BCUT2D eigenvalue weighted by molar-refractivity contribution is 6.00. The van der Waals surface area contributed by atoms with Crippen LogP contribution in [-0.4, -0.2) is 20.4 Å². The number of fused-ring (bicyclic) bond motifs is 2. The van der Waals surface area contributed by atoms with Crippen LogP contribution in [0.3, 0.4) is 0 Å². The van der Waals surface area contributed by atoms with Crippen molar-refractivity contribution in [2.24, 2.45) is 0 Å². The molecule has 1 amide bonds. The molecule has 0 saturated carbocycles. The molecule has 1 aliphatic heterocycles. The van der Waals surface area contributed by atoms with Gasteiger partial charge in [-0.3, -0.25) is 9.36 Å². The van der Waals surface area contributed by atoms with E-state index in [4.69, 9.17) is 0 Å². The first-order chi connectivity index (χ1) is 11.3. The number of pyridine rings is 1. The lowest BCUT2D eigenvalue weighted by atomic mass is 10.1. The minimum atomic E-state index is -4.62. The summed E-state index contributed by atoms with van der Waals surface area (Å²) in [6, 6.07) is 6.19. The van der Waals surface area contributed by atoms with Gasteiger partial charge in [-0.2, -0.15) is 13.2 Å². The van der Waals surface area contributed by atoms with Crippen molar-refractivity contribution in [1.29, 1.82) is 0 Å². The molecule has 24 heavy (non-hydrogen) atoms. The number of benzene rings is 1. The summed E-state index contributed by atoms with van der Waals surface area (Å²) in [5.41, 5.74) is 2.60. The molecule has 3 aromatic rings. The van der Waals surface area contributed by atoms with Crippen molar-refractivity contribution in [3.05, 3.63) is 47.4 Å². The van der Waals surface area contributed by atoms with Gasteiger partial charge in [-0.1, -0.05) is 0 Å². The van der Waals surface area contributed by atoms with Gasteiger partial charge < -0.3 is 5.32 Å². The number of aromatic nitrogens is 3. The number of amides is 1. The van der Waals surface area contributed by atoms with Crippen LogP contribution in [0.4, 0.5) is 18.9 Å². The van der Waals surface area contributed by atoms with Crippen molar-refractivity contribution in [2.75, 3.05) is 5.32 Å². The fourth-order valence-electron chi connectivity index (χ4n) is 2.99. The molecule has 0 radical (unpaired) electrons. The van der Waals surface area contributed by atoms with Crippen LogP contribution in [-0.2, 0) is 17.4 Å². The van der Waals surface area contributed by atoms with Gasteiger partial charge in [-0.15, -0.1) is 0 Å². The lowest BCUT2D eigenvalue weighted by Crippen LogP contribution is -2.14. The Morgan fingerprint density at radius 1 is 1.29 bits per heavy atom. The number of carbonyl (C=O) groups is 1. The largest absolute Gasteiger partial charge is 0.450 e. The van der Waals surface area contributed by atoms with Gasteiger partial charge in [0.2, 0.25) is 11.7 Å². The third-order valence-corrected chi connectivity index (χ3v) is 3.95. The van der Waals surface area contributed by atoms with Gasteiger partial charge in [-0.25, -0.2) is 9.97 Å². The molecular formula is C16H11F3N4O. The van der Waals surface area contributed by atoms with Gasteiger partial charge in [0.15, 0.2) is 5.65 Å². The highest BCUT2D eigenvalue weighted by atomic mass is 19.4. The molecule has 0 atom stereocenters. The van der Waals surface area contributed by atoms with Gasteiger partial charge in [0.25, 0.3) is 0 Å². The Balaban J connectivity index is 2.02. The van der Waals surface area contributed by atoms with Gasteiger partial charge >= 0.3 is 6.18 Å². The number of carbonyl (C=O) groups excluding carboxylic acids is 1. The van der Waals surface area contributed by atoms with Crippen molar-refractivity contribution in [2.45, 2.75) is 19.5 Å². The van der Waals surface area contributed by atoms with Crippen LogP contribution in [0.5, 0.6) is 0 Å². The van der Waals surface area contributed by atoms with Crippen molar-refractivity contribution < 1.29 is 18.0 Å². The Morgan fingerprint density at radius 2 is 2.08 bits per heavy atom. The van der Waals surface area contributed by atoms with E-state index in [0.29, 0.717) is 16.8 Å². The molecule has 2 aromatic heterocycles. The predicted octanol–water partition coefficient (Wildman–Crippen LogP) is 3.24. The summed E-state index contributed by atoms with van der Waals surface area (Å²) < 4.78 is 41.3. The van der Waals surface area contributed by atoms with Crippen LogP contribution in [0.15, 0.2) is 30.5 Å². The number of hydrogen-bond donors (Lipinski definition) is 1. The summed E-state index contributed by atoms with van der Waals surface area (Å²) >= 11 is 0. The second-order valence-corrected chi connectivity index (χ2v) is 5.64. The quantitative estimate of drug-likeness (QED) is 0.744. The van der Waals surface area contributed by atoms with Crippen molar-refractivity contribution in [1.82, 2.24) is 14.5 Å². The lowest BCUT2D eigenvalue weighted by Gasteiger charge is -2.13. The number of hydrogen-bond acceptors (Lipinski definition) is 3. The van der Waals surface area contributed by atoms with E-state index < -0.39 is 12.0 Å². The highest BCUT2D eigenvalue weighted by Gasteiger charge is 2.38. The number of alkyl halides is 3. The van der Waals surface area contributed by atoms with Crippen molar-refractivity contribution in [3.8, 4) is 5.69 Å². The molecule has 1 aliphatic rings. The molecule has 0 aliphatic carbocycles. The normalized spacial score (nSPS) is 14.1. The Bertz CT molecular complexity index is 991. The van der Waals surface area contributed by atoms with E-state index in [2.05, 4.69) is 15.3 Å². The Kier molecular flexibility index (Phi) is 2.93. The van der Waals surface area contributed by atoms with E-state index >= 15 is 0 Å².